The lowest BCUT2D eigenvalue weighted by molar-refractivity contribution is -0.163. The van der Waals surface area contributed by atoms with E-state index in [0.717, 1.165) is 23.1 Å². The first kappa shape index (κ1) is 19.4. The minimum atomic E-state index is -1.20. The summed E-state index contributed by atoms with van der Waals surface area (Å²) in [5.74, 6) is -3.14. The molecule has 0 bridgehead atoms. The monoisotopic (exact) mass is 410 g/mol. The summed E-state index contributed by atoms with van der Waals surface area (Å²) >= 11 is 2.23. The van der Waals surface area contributed by atoms with Gasteiger partial charge in [0.1, 0.15) is 11.4 Å². The van der Waals surface area contributed by atoms with Gasteiger partial charge in [-0.15, -0.1) is 0 Å². The zero-order valence-corrected chi connectivity index (χ0v) is 16.1. The molecule has 1 saturated heterocycles. The molecule has 1 aromatic heterocycles. The van der Waals surface area contributed by atoms with Gasteiger partial charge in [0.25, 0.3) is 5.91 Å². The van der Waals surface area contributed by atoms with Gasteiger partial charge in [-0.3, -0.25) is 9.59 Å². The highest BCUT2D eigenvalue weighted by molar-refractivity contribution is 8.06. The summed E-state index contributed by atoms with van der Waals surface area (Å²) in [7, 11) is 0. The summed E-state index contributed by atoms with van der Waals surface area (Å²) in [4.78, 5) is 41.5. The van der Waals surface area contributed by atoms with Gasteiger partial charge in [-0.2, -0.15) is 0 Å². The number of carboxylic acids is 1. The van der Waals surface area contributed by atoms with Crippen molar-refractivity contribution in [3.05, 3.63) is 26.6 Å². The highest BCUT2D eigenvalue weighted by Crippen LogP contribution is 2.50. The number of rotatable bonds is 6. The lowest BCUT2D eigenvalue weighted by atomic mass is 9.79. The smallest absolute Gasteiger partial charge is 0.353 e. The van der Waals surface area contributed by atoms with Gasteiger partial charge in [-0.05, 0) is 18.4 Å². The molecule has 4 atom stereocenters. The van der Waals surface area contributed by atoms with E-state index in [1.165, 1.54) is 11.8 Å². The number of hydrogen-bond acceptors (Lipinski definition) is 8. The summed E-state index contributed by atoms with van der Waals surface area (Å²) in [6, 6.07) is -0.375. The molecule has 144 valence electrons. The largest absolute Gasteiger partial charge is 0.477 e. The van der Waals surface area contributed by atoms with Crippen molar-refractivity contribution in [3.63, 3.8) is 0 Å². The Bertz CT molecular complexity index is 891. The average Bonchev–Trinajstić information content (AvgIpc) is 3.04. The Labute approximate surface area is 162 Å². The zero-order chi connectivity index (χ0) is 20.0. The number of carbonyl (C=O) groups is 3. The molecular weight excluding hydrogens is 392 g/mol. The number of anilines is 1. The van der Waals surface area contributed by atoms with Crippen molar-refractivity contribution in [2.45, 2.75) is 26.0 Å². The number of β-lactam (4-membered cyclic amide) rings is 1. The summed E-state index contributed by atoms with van der Waals surface area (Å²) < 4.78 is 0. The van der Waals surface area contributed by atoms with Crippen molar-refractivity contribution in [1.82, 2.24) is 9.88 Å². The standard InChI is InChI=1S/C16H18N4O5S2/c1-5-10-8(6(2)21)14(23)20(10)11(15(24)25)12(5)26-4-3-7-9(13(17)22)19-16(18)27-7/h3-6,8,10,21H,1-2H3,(H2,17,22)(H2,18,19)(H,24,25)/t5-,6-,8-,10-/m1/s1. The fourth-order valence-corrected chi connectivity index (χ4v) is 5.32. The molecule has 2 amide bonds. The van der Waals surface area contributed by atoms with Crippen LogP contribution in [-0.2, 0) is 9.59 Å². The number of primary amides is 1. The molecule has 0 aliphatic carbocycles. The first-order valence-electron chi connectivity index (χ1n) is 8.03. The second-order valence-electron chi connectivity index (χ2n) is 6.32. The number of nitrogens with two attached hydrogens (primary N) is 2. The van der Waals surface area contributed by atoms with Crippen LogP contribution in [0.25, 0.3) is 6.08 Å². The van der Waals surface area contributed by atoms with Gasteiger partial charge >= 0.3 is 5.97 Å². The van der Waals surface area contributed by atoms with E-state index in [-0.39, 0.29) is 34.4 Å². The molecular formula is C16H18N4O5S2. The Morgan fingerprint density at radius 3 is 2.67 bits per heavy atom. The number of aliphatic hydroxyl groups is 1. The Hall–Kier alpha value is -2.37. The molecule has 0 aromatic carbocycles. The Kier molecular flexibility index (Phi) is 5.02. The third kappa shape index (κ3) is 3.11. The predicted octanol–water partition coefficient (Wildman–Crippen LogP) is 0.682. The van der Waals surface area contributed by atoms with Gasteiger partial charge in [0.2, 0.25) is 5.91 Å². The lowest BCUT2D eigenvalue weighted by Crippen LogP contribution is -2.63. The number of amides is 2. The van der Waals surface area contributed by atoms with Crippen molar-refractivity contribution in [3.8, 4) is 0 Å². The SMILES string of the molecule is C[C@@H](O)[C@H]1C(=O)N2C(C(=O)O)=C(SC=Cc3sc(N)nc3C(N)=O)[C@H](C)[C@H]12. The van der Waals surface area contributed by atoms with E-state index in [4.69, 9.17) is 11.5 Å². The predicted molar refractivity (Wildman–Crippen MR) is 101 cm³/mol. The van der Waals surface area contributed by atoms with Crippen molar-refractivity contribution >= 4 is 52.1 Å². The van der Waals surface area contributed by atoms with Crippen molar-refractivity contribution < 1.29 is 24.6 Å². The molecule has 0 unspecified atom stereocenters. The van der Waals surface area contributed by atoms with Crippen LogP contribution in [0.5, 0.6) is 0 Å². The molecule has 1 fully saturated rings. The Morgan fingerprint density at radius 1 is 1.44 bits per heavy atom. The van der Waals surface area contributed by atoms with Crippen molar-refractivity contribution in [1.29, 1.82) is 0 Å². The van der Waals surface area contributed by atoms with E-state index >= 15 is 0 Å². The molecule has 6 N–H and O–H groups in total. The summed E-state index contributed by atoms with van der Waals surface area (Å²) in [6.45, 7) is 3.35. The molecule has 3 heterocycles. The van der Waals surface area contributed by atoms with E-state index < -0.39 is 23.9 Å². The minimum Gasteiger partial charge on any atom is -0.477 e. The van der Waals surface area contributed by atoms with E-state index in [1.807, 2.05) is 6.92 Å². The van der Waals surface area contributed by atoms with Crippen molar-refractivity contribution in [2.75, 3.05) is 5.73 Å². The van der Waals surface area contributed by atoms with Crippen LogP contribution < -0.4 is 11.5 Å². The van der Waals surface area contributed by atoms with E-state index in [9.17, 15) is 24.6 Å². The number of aromatic nitrogens is 1. The highest BCUT2D eigenvalue weighted by atomic mass is 32.2. The normalized spacial score (nSPS) is 25.7. The average molecular weight is 410 g/mol. The molecule has 27 heavy (non-hydrogen) atoms. The first-order valence-corrected chi connectivity index (χ1v) is 9.72. The van der Waals surface area contributed by atoms with Crippen LogP contribution in [0.2, 0.25) is 0 Å². The maximum absolute atomic E-state index is 12.3. The third-order valence-corrected chi connectivity index (χ3v) is 6.57. The summed E-state index contributed by atoms with van der Waals surface area (Å²) in [6.07, 6.45) is 0.732. The number of nitrogen functional groups attached to an aromatic ring is 1. The lowest BCUT2D eigenvalue weighted by Gasteiger charge is -2.46. The molecule has 1 aromatic rings. The van der Waals surface area contributed by atoms with E-state index in [1.54, 1.807) is 11.5 Å². The van der Waals surface area contributed by atoms with Gasteiger partial charge in [0, 0.05) is 10.8 Å². The third-order valence-electron chi connectivity index (χ3n) is 4.63. The summed E-state index contributed by atoms with van der Waals surface area (Å²) in [5.41, 5.74) is 10.8. The molecule has 0 saturated carbocycles. The number of aliphatic hydroxyl groups excluding tert-OH is 1. The Morgan fingerprint density at radius 2 is 2.11 bits per heavy atom. The molecule has 11 heteroatoms. The van der Waals surface area contributed by atoms with Gasteiger partial charge in [-0.25, -0.2) is 9.78 Å². The number of thioether (sulfide) groups is 1. The highest BCUT2D eigenvalue weighted by Gasteiger charge is 2.59. The van der Waals surface area contributed by atoms with Gasteiger partial charge < -0.3 is 26.6 Å². The van der Waals surface area contributed by atoms with Crippen LogP contribution in [0.3, 0.4) is 0 Å². The minimum absolute atomic E-state index is 0.0504. The summed E-state index contributed by atoms with van der Waals surface area (Å²) in [5, 5.41) is 21.2. The maximum atomic E-state index is 12.3. The van der Waals surface area contributed by atoms with Crippen LogP contribution in [-0.4, -0.2) is 50.0 Å². The van der Waals surface area contributed by atoms with Crippen LogP contribution >= 0.6 is 23.1 Å². The van der Waals surface area contributed by atoms with Gasteiger partial charge in [-0.1, -0.05) is 30.0 Å². The number of thiazole rings is 1. The molecule has 2 aliphatic rings. The van der Waals surface area contributed by atoms with Crippen molar-refractivity contribution in [2.24, 2.45) is 17.6 Å². The fourth-order valence-electron chi connectivity index (χ4n) is 3.49. The van der Waals surface area contributed by atoms with Gasteiger partial charge in [0.15, 0.2) is 5.13 Å². The molecule has 0 radical (unpaired) electrons. The molecule has 0 spiro atoms. The number of hydrogen-bond donors (Lipinski definition) is 4. The number of carboxylic acid groups (broad SMARTS) is 1. The van der Waals surface area contributed by atoms with Crippen LogP contribution in [0.4, 0.5) is 5.13 Å². The second kappa shape index (κ2) is 6.98. The topological polar surface area (TPSA) is 160 Å². The van der Waals surface area contributed by atoms with E-state index in [2.05, 4.69) is 4.98 Å². The quantitative estimate of drug-likeness (QED) is 0.498. The van der Waals surface area contributed by atoms with Crippen LogP contribution in [0.15, 0.2) is 16.0 Å². The fraction of sp³-hybridized carbons (Fsp3) is 0.375. The molecule has 3 rings (SSSR count). The van der Waals surface area contributed by atoms with Crippen LogP contribution in [0.1, 0.15) is 29.2 Å². The van der Waals surface area contributed by atoms with E-state index in [0.29, 0.717) is 9.78 Å². The maximum Gasteiger partial charge on any atom is 0.353 e. The molecule has 9 nitrogen and oxygen atoms in total. The number of carbonyl (C=O) groups excluding carboxylic acids is 2. The zero-order valence-electron chi connectivity index (χ0n) is 14.4. The number of aliphatic carboxylic acids is 1. The molecule has 2 aliphatic heterocycles. The number of fused-ring (bicyclic) bond motifs is 1. The van der Waals surface area contributed by atoms with Gasteiger partial charge in [0.05, 0.1) is 22.9 Å². The second-order valence-corrected chi connectivity index (χ2v) is 8.33. The first-order chi connectivity index (χ1) is 12.6. The Balaban J connectivity index is 1.87. The van der Waals surface area contributed by atoms with Crippen LogP contribution in [0, 0.1) is 11.8 Å². The number of nitrogens with zero attached hydrogens (tertiary/aromatic N) is 2.